The number of hydrogen-bond acceptors (Lipinski definition) is 3. The van der Waals surface area contributed by atoms with Gasteiger partial charge in [0.05, 0.1) is 0 Å². The summed E-state index contributed by atoms with van der Waals surface area (Å²) >= 11 is 0. The van der Waals surface area contributed by atoms with Gasteiger partial charge in [-0.3, -0.25) is 9.59 Å². The normalized spacial score (nSPS) is 13.1. The number of amides is 3. The number of carboxylic acid groups (broad SMARTS) is 1. The monoisotopic (exact) mass is 332 g/mol. The van der Waals surface area contributed by atoms with Gasteiger partial charge in [-0.15, -0.1) is 0 Å². The van der Waals surface area contributed by atoms with Crippen molar-refractivity contribution < 1.29 is 19.5 Å². The highest BCUT2D eigenvalue weighted by Gasteiger charge is 2.20. The predicted molar refractivity (Wildman–Crippen MR) is 88.4 cm³/mol. The van der Waals surface area contributed by atoms with Crippen LogP contribution in [0.15, 0.2) is 30.5 Å². The zero-order valence-corrected chi connectivity index (χ0v) is 13.4. The fraction of sp³-hybridized carbons (Fsp3) is 0.312. The molecule has 2 aromatic rings. The summed E-state index contributed by atoms with van der Waals surface area (Å²) in [7, 11) is 0. The van der Waals surface area contributed by atoms with E-state index in [9.17, 15) is 14.4 Å². The molecule has 0 bridgehead atoms. The third-order valence-electron chi connectivity index (χ3n) is 3.62. The molecular formula is C16H20N4O4. The molecule has 0 aliphatic rings. The molecule has 8 nitrogen and oxygen atoms in total. The number of H-pyrrole nitrogens is 1. The molecule has 3 amide bonds. The third-order valence-corrected chi connectivity index (χ3v) is 3.62. The van der Waals surface area contributed by atoms with Gasteiger partial charge in [-0.1, -0.05) is 12.1 Å². The minimum absolute atomic E-state index is 0.331. The smallest absolute Gasteiger partial charge is 0.405 e. The summed E-state index contributed by atoms with van der Waals surface area (Å²) in [5.74, 6) is -0.911. The van der Waals surface area contributed by atoms with Gasteiger partial charge in [0.15, 0.2) is 0 Å². The number of fused-ring (bicyclic) bond motifs is 1. The van der Waals surface area contributed by atoms with Gasteiger partial charge < -0.3 is 26.0 Å². The van der Waals surface area contributed by atoms with Crippen molar-refractivity contribution >= 4 is 28.8 Å². The first-order chi connectivity index (χ1) is 11.4. The zero-order chi connectivity index (χ0) is 17.7. The minimum Gasteiger partial charge on any atom is -0.465 e. The second-order valence-electron chi connectivity index (χ2n) is 5.48. The minimum atomic E-state index is -1.30. The number of nitrogens with one attached hydrogen (secondary N) is 4. The average molecular weight is 332 g/mol. The highest BCUT2D eigenvalue weighted by atomic mass is 16.4. The lowest BCUT2D eigenvalue weighted by Gasteiger charge is -2.17. The SMILES string of the molecule is C[C@H](NC(=O)O)C(=O)N[C@@H](C)C(=O)NCc1cccc2[nH]ccc12. The summed E-state index contributed by atoms with van der Waals surface area (Å²) in [5.41, 5.74) is 1.94. The fourth-order valence-electron chi connectivity index (χ4n) is 2.29. The largest absolute Gasteiger partial charge is 0.465 e. The van der Waals surface area contributed by atoms with Gasteiger partial charge in [0.2, 0.25) is 11.8 Å². The standard InChI is InChI=1S/C16H20N4O4/c1-9(19-15(22)10(2)20-16(23)24)14(21)18-8-11-4-3-5-13-12(11)6-7-17-13/h3-7,9-10,17,20H,8H2,1-2H3,(H,18,21)(H,19,22)(H,23,24)/t9-,10-/m0/s1. The first kappa shape index (κ1) is 17.3. The van der Waals surface area contributed by atoms with E-state index in [4.69, 9.17) is 5.11 Å². The maximum atomic E-state index is 12.1. The van der Waals surface area contributed by atoms with Crippen LogP contribution in [-0.4, -0.2) is 40.1 Å². The molecule has 0 saturated heterocycles. The van der Waals surface area contributed by atoms with E-state index < -0.39 is 24.1 Å². The lowest BCUT2D eigenvalue weighted by molar-refractivity contribution is -0.129. The summed E-state index contributed by atoms with van der Waals surface area (Å²) in [4.78, 5) is 37.5. The molecule has 0 radical (unpaired) electrons. The maximum Gasteiger partial charge on any atom is 0.405 e. The van der Waals surface area contributed by atoms with Crippen molar-refractivity contribution in [1.82, 2.24) is 20.9 Å². The summed E-state index contributed by atoms with van der Waals surface area (Å²) in [6, 6.07) is 5.97. The number of hydrogen-bond donors (Lipinski definition) is 5. The fourth-order valence-corrected chi connectivity index (χ4v) is 2.29. The van der Waals surface area contributed by atoms with Crippen LogP contribution < -0.4 is 16.0 Å². The summed E-state index contributed by atoms with van der Waals surface area (Å²) in [6.07, 6.45) is 0.532. The molecule has 1 aromatic carbocycles. The van der Waals surface area contributed by atoms with Gasteiger partial charge in [0, 0.05) is 23.6 Å². The molecule has 1 heterocycles. The van der Waals surface area contributed by atoms with E-state index in [0.29, 0.717) is 6.54 Å². The first-order valence-electron chi connectivity index (χ1n) is 7.51. The summed E-state index contributed by atoms with van der Waals surface area (Å²) in [6.45, 7) is 3.27. The average Bonchev–Trinajstić information content (AvgIpc) is 3.00. The number of carbonyl (C=O) groups is 3. The lowest BCUT2D eigenvalue weighted by atomic mass is 10.1. The van der Waals surface area contributed by atoms with E-state index in [1.165, 1.54) is 13.8 Å². The van der Waals surface area contributed by atoms with Crippen LogP contribution in [0, 0.1) is 0 Å². The van der Waals surface area contributed by atoms with Crippen LogP contribution in [0.3, 0.4) is 0 Å². The summed E-state index contributed by atoms with van der Waals surface area (Å²) in [5, 5.41) is 16.9. The van der Waals surface area contributed by atoms with Crippen LogP contribution in [0.25, 0.3) is 10.9 Å². The van der Waals surface area contributed by atoms with Crippen LogP contribution in [0.1, 0.15) is 19.4 Å². The molecule has 0 saturated carbocycles. The maximum absolute atomic E-state index is 12.1. The van der Waals surface area contributed by atoms with Gasteiger partial charge in [-0.25, -0.2) is 4.79 Å². The molecule has 5 N–H and O–H groups in total. The van der Waals surface area contributed by atoms with Crippen molar-refractivity contribution in [3.8, 4) is 0 Å². The van der Waals surface area contributed by atoms with Gasteiger partial charge >= 0.3 is 6.09 Å². The molecule has 2 rings (SSSR count). The third kappa shape index (κ3) is 4.25. The quantitative estimate of drug-likeness (QED) is 0.540. The number of benzene rings is 1. The van der Waals surface area contributed by atoms with Crippen molar-refractivity contribution in [2.45, 2.75) is 32.5 Å². The van der Waals surface area contributed by atoms with Gasteiger partial charge in [-0.05, 0) is 31.5 Å². The van der Waals surface area contributed by atoms with Crippen LogP contribution in [-0.2, 0) is 16.1 Å². The lowest BCUT2D eigenvalue weighted by Crippen LogP contribution is -2.51. The van der Waals surface area contributed by atoms with Crippen molar-refractivity contribution in [2.75, 3.05) is 0 Å². The van der Waals surface area contributed by atoms with Crippen molar-refractivity contribution in [1.29, 1.82) is 0 Å². The highest BCUT2D eigenvalue weighted by Crippen LogP contribution is 2.16. The Balaban J connectivity index is 1.89. The molecule has 1 aromatic heterocycles. The zero-order valence-electron chi connectivity index (χ0n) is 13.4. The Morgan fingerprint density at radius 2 is 1.79 bits per heavy atom. The number of aromatic amines is 1. The van der Waals surface area contributed by atoms with E-state index in [1.54, 1.807) is 0 Å². The molecular weight excluding hydrogens is 312 g/mol. The van der Waals surface area contributed by atoms with Crippen molar-refractivity contribution in [2.24, 2.45) is 0 Å². The van der Waals surface area contributed by atoms with E-state index >= 15 is 0 Å². The Labute approximate surface area is 138 Å². The Kier molecular flexibility index (Phi) is 5.41. The molecule has 2 atom stereocenters. The molecule has 0 fully saturated rings. The van der Waals surface area contributed by atoms with Crippen LogP contribution in [0.5, 0.6) is 0 Å². The number of carbonyl (C=O) groups excluding carboxylic acids is 2. The Hall–Kier alpha value is -3.03. The second kappa shape index (κ2) is 7.49. The second-order valence-corrected chi connectivity index (χ2v) is 5.48. The number of rotatable bonds is 6. The Morgan fingerprint density at radius 3 is 2.50 bits per heavy atom. The Morgan fingerprint density at radius 1 is 1.08 bits per heavy atom. The molecule has 0 spiro atoms. The first-order valence-corrected chi connectivity index (χ1v) is 7.51. The number of aromatic nitrogens is 1. The van der Waals surface area contributed by atoms with E-state index in [-0.39, 0.29) is 5.91 Å². The molecule has 0 unspecified atom stereocenters. The van der Waals surface area contributed by atoms with Crippen molar-refractivity contribution in [3.05, 3.63) is 36.0 Å². The highest BCUT2D eigenvalue weighted by molar-refractivity contribution is 5.91. The molecule has 8 heteroatoms. The predicted octanol–water partition coefficient (Wildman–Crippen LogP) is 0.945. The summed E-state index contributed by atoms with van der Waals surface area (Å²) < 4.78 is 0. The molecule has 0 aliphatic carbocycles. The van der Waals surface area contributed by atoms with E-state index in [0.717, 1.165) is 16.5 Å². The van der Waals surface area contributed by atoms with Crippen molar-refractivity contribution in [3.63, 3.8) is 0 Å². The van der Waals surface area contributed by atoms with E-state index in [2.05, 4.69) is 15.6 Å². The van der Waals surface area contributed by atoms with Crippen LogP contribution in [0.4, 0.5) is 4.79 Å². The van der Waals surface area contributed by atoms with Gasteiger partial charge in [0.25, 0.3) is 0 Å². The van der Waals surface area contributed by atoms with E-state index in [1.807, 2.05) is 35.8 Å². The Bertz CT molecular complexity index is 755. The van der Waals surface area contributed by atoms with Crippen LogP contribution in [0.2, 0.25) is 0 Å². The molecule has 24 heavy (non-hydrogen) atoms. The van der Waals surface area contributed by atoms with Gasteiger partial charge in [-0.2, -0.15) is 0 Å². The topological polar surface area (TPSA) is 123 Å². The molecule has 128 valence electrons. The molecule has 0 aliphatic heterocycles. The van der Waals surface area contributed by atoms with Crippen LogP contribution >= 0.6 is 0 Å². The van der Waals surface area contributed by atoms with Gasteiger partial charge in [0.1, 0.15) is 12.1 Å².